The van der Waals surface area contributed by atoms with Gasteiger partial charge in [-0.15, -0.1) is 0 Å². The number of aromatic nitrogens is 3. The largest absolute Gasteiger partial charge is 0.472 e. The highest BCUT2D eigenvalue weighted by molar-refractivity contribution is 6.30. The maximum atomic E-state index is 17.4. The Morgan fingerprint density at radius 2 is 1.74 bits per heavy atom. The second-order valence-corrected chi connectivity index (χ2v) is 17.7. The van der Waals surface area contributed by atoms with Gasteiger partial charge in [0.05, 0.1) is 24.2 Å². The summed E-state index contributed by atoms with van der Waals surface area (Å²) >= 11 is 6.39. The van der Waals surface area contributed by atoms with Crippen LogP contribution in [0.2, 0.25) is 5.02 Å². The normalized spacial score (nSPS) is 21.1. The number of esters is 2. The number of rotatable bonds is 11. The van der Waals surface area contributed by atoms with Crippen LogP contribution in [0.25, 0.3) is 22.1 Å². The van der Waals surface area contributed by atoms with E-state index in [1.54, 1.807) is 72.7 Å². The van der Waals surface area contributed by atoms with Gasteiger partial charge in [0.1, 0.15) is 40.1 Å². The number of hydrogen-bond donors (Lipinski definition) is 1. The van der Waals surface area contributed by atoms with Crippen LogP contribution >= 0.6 is 11.6 Å². The van der Waals surface area contributed by atoms with Gasteiger partial charge in [-0.25, -0.2) is 28.9 Å². The number of para-hydroxylation sites is 1. The number of amides is 2. The predicted molar refractivity (Wildman–Crippen MR) is 217 cm³/mol. The van der Waals surface area contributed by atoms with Crippen molar-refractivity contribution in [2.45, 2.75) is 109 Å². The Labute approximate surface area is 355 Å². The van der Waals surface area contributed by atoms with E-state index in [2.05, 4.69) is 25.0 Å². The molecule has 6 rings (SSSR count). The highest BCUT2D eigenvalue weighted by Gasteiger charge is 2.50. The van der Waals surface area contributed by atoms with Crippen molar-refractivity contribution in [2.75, 3.05) is 38.2 Å². The van der Waals surface area contributed by atoms with Crippen molar-refractivity contribution < 1.29 is 55.7 Å². The Hall–Kier alpha value is -5.39. The highest BCUT2D eigenvalue weighted by atomic mass is 35.5. The first-order chi connectivity index (χ1) is 28.5. The lowest BCUT2D eigenvalue weighted by atomic mass is 9.79. The van der Waals surface area contributed by atoms with Crippen molar-refractivity contribution in [3.05, 3.63) is 52.9 Å². The monoisotopic (exact) mass is 874 g/mol. The van der Waals surface area contributed by atoms with Crippen molar-refractivity contribution in [2.24, 2.45) is 5.92 Å². The Balaban J connectivity index is 1.37. The van der Waals surface area contributed by atoms with Gasteiger partial charge in [-0.05, 0) is 66.2 Å². The van der Waals surface area contributed by atoms with Crippen LogP contribution < -0.4 is 15.0 Å². The highest BCUT2D eigenvalue weighted by Crippen LogP contribution is 2.46. The van der Waals surface area contributed by atoms with Crippen LogP contribution in [0, 0.1) is 5.92 Å². The fourth-order valence-corrected chi connectivity index (χ4v) is 7.51. The van der Waals surface area contributed by atoms with E-state index >= 15 is 13.2 Å². The number of nitrogens with one attached hydrogen (secondary N) is 1. The molecule has 4 aromatic rings. The molecule has 2 aliphatic rings. The van der Waals surface area contributed by atoms with E-state index in [1.807, 2.05) is 0 Å². The zero-order valence-corrected chi connectivity index (χ0v) is 36.0. The Kier molecular flexibility index (Phi) is 12.7. The topological polar surface area (TPSA) is 176 Å². The van der Waals surface area contributed by atoms with Gasteiger partial charge < -0.3 is 38.5 Å². The number of ether oxygens (including phenoxy) is 4. The fraction of sp³-hybridized carbons (Fsp3) is 0.548. The second kappa shape index (κ2) is 17.2. The van der Waals surface area contributed by atoms with Crippen LogP contribution in [0.5, 0.6) is 5.88 Å². The second-order valence-electron chi connectivity index (χ2n) is 17.3. The minimum Gasteiger partial charge on any atom is -0.472 e. The van der Waals surface area contributed by atoms with Crippen LogP contribution in [0.3, 0.4) is 0 Å². The lowest BCUT2D eigenvalue weighted by molar-refractivity contribution is -0.156. The molecule has 15 nitrogen and oxygen atoms in total. The number of nitrogens with zero attached hydrogens (tertiary/aromatic N) is 5. The number of methoxy groups -OCH3 is 1. The van der Waals surface area contributed by atoms with E-state index in [9.17, 15) is 19.2 Å². The number of carbonyl (C=O) groups is 4. The number of hydrogen-bond acceptors (Lipinski definition) is 13. The van der Waals surface area contributed by atoms with Crippen molar-refractivity contribution in [3.8, 4) is 5.88 Å². The average molecular weight is 875 g/mol. The number of alkyl halides is 3. The number of benzene rings is 1. The maximum absolute atomic E-state index is 17.4. The molecule has 3 aromatic heterocycles. The molecular weight excluding hydrogens is 825 g/mol. The summed E-state index contributed by atoms with van der Waals surface area (Å²) in [6, 6.07) is 6.74. The zero-order valence-electron chi connectivity index (χ0n) is 35.3. The molecule has 0 unspecified atom stereocenters. The van der Waals surface area contributed by atoms with Gasteiger partial charge in [-0.1, -0.05) is 30.7 Å². The lowest BCUT2D eigenvalue weighted by Crippen LogP contribution is -2.50. The first kappa shape index (κ1) is 45.1. The van der Waals surface area contributed by atoms with Gasteiger partial charge in [-0.2, -0.15) is 8.78 Å². The van der Waals surface area contributed by atoms with Gasteiger partial charge in [0.25, 0.3) is 5.91 Å². The van der Waals surface area contributed by atoms with E-state index in [0.717, 1.165) is 0 Å². The summed E-state index contributed by atoms with van der Waals surface area (Å²) in [6.45, 7) is 11.5. The first-order valence-corrected chi connectivity index (χ1v) is 20.3. The van der Waals surface area contributed by atoms with Crippen molar-refractivity contribution in [1.82, 2.24) is 25.2 Å². The predicted octanol–water partition coefficient (Wildman–Crippen LogP) is 7.40. The summed E-state index contributed by atoms with van der Waals surface area (Å²) in [7, 11) is 1.19. The summed E-state index contributed by atoms with van der Waals surface area (Å²) in [5.41, 5.74) is -3.58. The smallest absolute Gasteiger partial charge is 0.410 e. The number of likely N-dealkylation sites (tertiary alicyclic amines) is 1. The molecule has 19 heteroatoms. The number of halogens is 4. The molecule has 0 aliphatic carbocycles. The number of anilines is 1. The molecule has 0 spiro atoms. The third-order valence-corrected chi connectivity index (χ3v) is 10.5. The molecular formula is C42H50ClF3N6O9. The number of furan rings is 1. The molecule has 2 amide bonds. The van der Waals surface area contributed by atoms with E-state index in [0.29, 0.717) is 5.39 Å². The van der Waals surface area contributed by atoms with Gasteiger partial charge in [-0.3, -0.25) is 9.59 Å². The molecule has 5 heterocycles. The summed E-state index contributed by atoms with van der Waals surface area (Å²) in [6.07, 6.45) is -0.521. The van der Waals surface area contributed by atoms with Crippen molar-refractivity contribution >= 4 is 63.4 Å². The van der Waals surface area contributed by atoms with Crippen molar-refractivity contribution in [3.63, 3.8) is 0 Å². The van der Waals surface area contributed by atoms with Gasteiger partial charge >= 0.3 is 24.0 Å². The van der Waals surface area contributed by atoms with Gasteiger partial charge in [0.15, 0.2) is 11.4 Å². The molecule has 0 radical (unpaired) electrons. The maximum Gasteiger partial charge on any atom is 0.410 e. The minimum atomic E-state index is -4.29. The Morgan fingerprint density at radius 3 is 2.41 bits per heavy atom. The fourth-order valence-electron chi connectivity index (χ4n) is 7.35. The standard InChI is InChI=1S/C42H50ClF3N6O9/c1-23-21-51(38(56)61-40(5,6)7)17-15-41(23,44)27-18-24(43)20-48-34(27)58-25-19-28(35(54)60-39(2,3)4)52(22-25)33-32-31(26-12-9-10-13-29(26)59-32)49-36(50-33)42(45,46)37(55)47-16-11-14-30(53)57-8/h9-10,12-13,18,20,23,25,28H,11,14-17,19,21-22H2,1-8H3,(H,47,55)/t23-,25-,28-,41+/m0/s1. The van der Waals surface area contributed by atoms with Crippen molar-refractivity contribution in [1.29, 1.82) is 0 Å². The Bertz CT molecular complexity index is 2320. The first-order valence-electron chi connectivity index (χ1n) is 19.9. The SMILES string of the molecule is COC(=O)CCCNC(=O)C(F)(F)c1nc(N2C[C@@H](Oc3ncc(Cl)cc3[C@@]3(F)CCN(C(=O)OC(C)(C)C)C[C@@H]3C)C[C@H]2C(=O)OC(C)(C)C)c2oc3ccccc3c2n1. The third kappa shape index (κ3) is 9.89. The minimum absolute atomic E-state index is 0.0228. The summed E-state index contributed by atoms with van der Waals surface area (Å²) in [5.74, 6) is -9.62. The molecule has 330 valence electrons. The molecule has 0 saturated carbocycles. The molecule has 4 atom stereocenters. The van der Waals surface area contributed by atoms with Crippen LogP contribution in [0.1, 0.15) is 85.5 Å². The van der Waals surface area contributed by atoms with E-state index in [-0.39, 0.29) is 90.8 Å². The van der Waals surface area contributed by atoms with Crippen LogP contribution in [0.4, 0.5) is 23.8 Å². The van der Waals surface area contributed by atoms with Gasteiger partial charge in [0, 0.05) is 56.4 Å². The lowest BCUT2D eigenvalue weighted by Gasteiger charge is -2.42. The number of fused-ring (bicyclic) bond motifs is 3. The summed E-state index contributed by atoms with van der Waals surface area (Å²) < 4.78 is 78.1. The van der Waals surface area contributed by atoms with Crippen LogP contribution in [0.15, 0.2) is 40.9 Å². The zero-order chi connectivity index (χ0) is 44.7. The van der Waals surface area contributed by atoms with Crippen LogP contribution in [-0.2, 0) is 40.2 Å². The summed E-state index contributed by atoms with van der Waals surface area (Å²) in [4.78, 5) is 67.0. The molecule has 2 fully saturated rings. The number of pyridine rings is 1. The molecule has 0 bridgehead atoms. The summed E-state index contributed by atoms with van der Waals surface area (Å²) in [5, 5.41) is 2.61. The van der Waals surface area contributed by atoms with Crippen LogP contribution in [-0.4, -0.2) is 100 Å². The Morgan fingerprint density at radius 1 is 1.03 bits per heavy atom. The molecule has 61 heavy (non-hydrogen) atoms. The van der Waals surface area contributed by atoms with E-state index < -0.39 is 70.6 Å². The molecule has 2 aliphatic heterocycles. The van der Waals surface area contributed by atoms with E-state index in [1.165, 1.54) is 29.2 Å². The number of carbonyl (C=O) groups excluding carboxylic acids is 4. The molecule has 2 saturated heterocycles. The average Bonchev–Trinajstić information content (AvgIpc) is 3.78. The van der Waals surface area contributed by atoms with E-state index in [4.69, 9.17) is 30.2 Å². The third-order valence-electron chi connectivity index (χ3n) is 10.3. The molecule has 1 N–H and O–H groups in total. The molecule has 1 aromatic carbocycles. The van der Waals surface area contributed by atoms with Gasteiger partial charge in [0.2, 0.25) is 11.7 Å². The quantitative estimate of drug-likeness (QED) is 0.0898. The number of piperidine rings is 1.